The van der Waals surface area contributed by atoms with E-state index in [4.69, 9.17) is 10.5 Å². The molecule has 1 rings (SSSR count). The number of amides is 1. The van der Waals surface area contributed by atoms with Crippen LogP contribution >= 0.6 is 0 Å². The summed E-state index contributed by atoms with van der Waals surface area (Å²) in [7, 11) is 3.48. The Bertz CT molecular complexity index is 472. The lowest BCUT2D eigenvalue weighted by atomic mass is 9.96. The number of nitrogens with two attached hydrogens (primary N) is 1. The maximum atomic E-state index is 12.5. The Morgan fingerprint density at radius 3 is 2.57 bits per heavy atom. The molecule has 2 N–H and O–H groups in total. The van der Waals surface area contributed by atoms with Crippen molar-refractivity contribution < 1.29 is 9.53 Å². The maximum Gasteiger partial charge on any atom is 0.227 e. The van der Waals surface area contributed by atoms with Gasteiger partial charge in [-0.05, 0) is 25.3 Å². The van der Waals surface area contributed by atoms with Crippen molar-refractivity contribution in [2.75, 3.05) is 20.7 Å². The highest BCUT2D eigenvalue weighted by Crippen LogP contribution is 2.22. The Kier molecular flexibility index (Phi) is 6.69. The van der Waals surface area contributed by atoms with Gasteiger partial charge in [-0.25, -0.2) is 0 Å². The minimum Gasteiger partial charge on any atom is -0.496 e. The highest BCUT2D eigenvalue weighted by Gasteiger charge is 2.22. The normalized spacial score (nSPS) is 12.3. The van der Waals surface area contributed by atoms with Gasteiger partial charge < -0.3 is 15.4 Å². The summed E-state index contributed by atoms with van der Waals surface area (Å²) in [4.78, 5) is 14.3. The van der Waals surface area contributed by atoms with E-state index >= 15 is 0 Å². The number of rotatable bonds is 7. The first-order valence-electron chi connectivity index (χ1n) is 7.47. The van der Waals surface area contributed by atoms with Crippen molar-refractivity contribution in [3.63, 3.8) is 0 Å². The van der Waals surface area contributed by atoms with Crippen LogP contribution in [0.25, 0.3) is 0 Å². The first-order valence-corrected chi connectivity index (χ1v) is 7.47. The molecule has 0 aliphatic rings. The number of nitrogens with zero attached hydrogens (tertiary/aromatic N) is 1. The summed E-state index contributed by atoms with van der Waals surface area (Å²) in [6.07, 6.45) is 0.824. The van der Waals surface area contributed by atoms with Gasteiger partial charge in [0.2, 0.25) is 5.91 Å². The van der Waals surface area contributed by atoms with Gasteiger partial charge in [-0.3, -0.25) is 4.79 Å². The molecule has 0 aromatic heterocycles. The quantitative estimate of drug-likeness (QED) is 0.840. The van der Waals surface area contributed by atoms with Crippen LogP contribution in [0, 0.1) is 18.8 Å². The second-order valence-corrected chi connectivity index (χ2v) is 6.07. The predicted molar refractivity (Wildman–Crippen MR) is 86.2 cm³/mol. The van der Waals surface area contributed by atoms with Crippen molar-refractivity contribution in [2.24, 2.45) is 17.6 Å². The highest BCUT2D eigenvalue weighted by molar-refractivity contribution is 5.78. The van der Waals surface area contributed by atoms with E-state index in [2.05, 4.69) is 19.9 Å². The second-order valence-electron chi connectivity index (χ2n) is 6.07. The Hall–Kier alpha value is -1.55. The van der Waals surface area contributed by atoms with Gasteiger partial charge in [-0.15, -0.1) is 0 Å². The number of benzene rings is 1. The summed E-state index contributed by atoms with van der Waals surface area (Å²) in [5.74, 6) is 1.28. The second kappa shape index (κ2) is 8.03. The van der Waals surface area contributed by atoms with Crippen molar-refractivity contribution in [2.45, 2.75) is 33.7 Å². The lowest BCUT2D eigenvalue weighted by Gasteiger charge is -2.25. The Balaban J connectivity index is 2.82. The number of carbonyl (C=O) groups excluding carboxylic acids is 1. The van der Waals surface area contributed by atoms with Gasteiger partial charge >= 0.3 is 0 Å². The zero-order chi connectivity index (χ0) is 16.0. The molecule has 0 aliphatic carbocycles. The summed E-state index contributed by atoms with van der Waals surface area (Å²) in [5, 5.41) is 0. The van der Waals surface area contributed by atoms with Crippen LogP contribution in [0.4, 0.5) is 0 Å². The third kappa shape index (κ3) is 5.05. The van der Waals surface area contributed by atoms with Crippen LogP contribution in [-0.4, -0.2) is 31.5 Å². The van der Waals surface area contributed by atoms with E-state index in [0.29, 0.717) is 19.0 Å². The minimum atomic E-state index is -0.106. The van der Waals surface area contributed by atoms with Gasteiger partial charge in [0.15, 0.2) is 0 Å². The number of hydrogen-bond donors (Lipinski definition) is 1. The number of methoxy groups -OCH3 is 1. The van der Waals surface area contributed by atoms with Crippen molar-refractivity contribution in [3.05, 3.63) is 29.3 Å². The lowest BCUT2D eigenvalue weighted by Crippen LogP contribution is -2.37. The van der Waals surface area contributed by atoms with Crippen LogP contribution in [0.2, 0.25) is 0 Å². The average molecular weight is 292 g/mol. The van der Waals surface area contributed by atoms with Crippen LogP contribution in [-0.2, 0) is 11.3 Å². The number of ether oxygens (including phenoxy) is 1. The van der Waals surface area contributed by atoms with E-state index in [9.17, 15) is 4.79 Å². The molecule has 0 spiro atoms. The van der Waals surface area contributed by atoms with Gasteiger partial charge in [0, 0.05) is 25.7 Å². The zero-order valence-electron chi connectivity index (χ0n) is 13.8. The molecule has 1 unspecified atom stereocenters. The van der Waals surface area contributed by atoms with Crippen molar-refractivity contribution in [3.8, 4) is 5.75 Å². The Morgan fingerprint density at radius 2 is 2.05 bits per heavy atom. The summed E-state index contributed by atoms with van der Waals surface area (Å²) in [5.41, 5.74) is 7.94. The van der Waals surface area contributed by atoms with E-state index in [1.807, 2.05) is 26.1 Å². The molecule has 0 fully saturated rings. The zero-order valence-corrected chi connectivity index (χ0v) is 13.8. The van der Waals surface area contributed by atoms with Crippen LogP contribution in [0.3, 0.4) is 0 Å². The molecule has 1 amide bonds. The van der Waals surface area contributed by atoms with Crippen LogP contribution in [0.5, 0.6) is 5.75 Å². The van der Waals surface area contributed by atoms with Gasteiger partial charge in [0.25, 0.3) is 0 Å². The fourth-order valence-corrected chi connectivity index (χ4v) is 2.54. The molecule has 21 heavy (non-hydrogen) atoms. The molecule has 0 aliphatic heterocycles. The van der Waals surface area contributed by atoms with Crippen molar-refractivity contribution in [1.82, 2.24) is 4.90 Å². The fraction of sp³-hybridized carbons (Fsp3) is 0.588. The smallest absolute Gasteiger partial charge is 0.227 e. The highest BCUT2D eigenvalue weighted by atomic mass is 16.5. The molecular formula is C17H28N2O2. The van der Waals surface area contributed by atoms with Gasteiger partial charge in [-0.1, -0.05) is 31.5 Å². The average Bonchev–Trinajstić information content (AvgIpc) is 2.44. The van der Waals surface area contributed by atoms with Crippen LogP contribution in [0.1, 0.15) is 31.4 Å². The summed E-state index contributed by atoms with van der Waals surface area (Å²) in [6.45, 7) is 7.19. The molecule has 1 atom stereocenters. The minimum absolute atomic E-state index is 0.106. The van der Waals surface area contributed by atoms with Crippen molar-refractivity contribution in [1.29, 1.82) is 0 Å². The Morgan fingerprint density at radius 1 is 1.38 bits per heavy atom. The molecular weight excluding hydrogens is 264 g/mol. The Labute approximate surface area is 128 Å². The van der Waals surface area contributed by atoms with E-state index in [0.717, 1.165) is 23.3 Å². The number of hydrogen-bond acceptors (Lipinski definition) is 3. The van der Waals surface area contributed by atoms with E-state index in [1.165, 1.54) is 0 Å². The number of aryl methyl sites for hydroxylation is 1. The summed E-state index contributed by atoms with van der Waals surface area (Å²) in [6, 6.07) is 6.01. The largest absolute Gasteiger partial charge is 0.496 e. The summed E-state index contributed by atoms with van der Waals surface area (Å²) >= 11 is 0. The molecule has 0 heterocycles. The van der Waals surface area contributed by atoms with Gasteiger partial charge in [0.1, 0.15) is 5.75 Å². The van der Waals surface area contributed by atoms with E-state index < -0.39 is 0 Å². The molecule has 118 valence electrons. The molecule has 0 radical (unpaired) electrons. The molecule has 1 aromatic rings. The van der Waals surface area contributed by atoms with Crippen molar-refractivity contribution >= 4 is 5.91 Å². The SMILES string of the molecule is COc1ccc(C)cc1CN(C)C(=O)C(CN)CC(C)C. The topological polar surface area (TPSA) is 55.6 Å². The summed E-state index contributed by atoms with van der Waals surface area (Å²) < 4.78 is 5.37. The molecule has 0 saturated heterocycles. The van der Waals surface area contributed by atoms with E-state index in [1.54, 1.807) is 12.0 Å². The molecule has 1 aromatic carbocycles. The van der Waals surface area contributed by atoms with Crippen LogP contribution < -0.4 is 10.5 Å². The van der Waals surface area contributed by atoms with Crippen LogP contribution in [0.15, 0.2) is 18.2 Å². The fourth-order valence-electron chi connectivity index (χ4n) is 2.54. The first-order chi connectivity index (χ1) is 9.88. The standard InChI is InChI=1S/C17H28N2O2/c1-12(2)8-14(10-18)17(20)19(4)11-15-9-13(3)6-7-16(15)21-5/h6-7,9,12,14H,8,10-11,18H2,1-5H3. The predicted octanol–water partition coefficient (Wildman–Crippen LogP) is 2.58. The van der Waals surface area contributed by atoms with Gasteiger partial charge in [0.05, 0.1) is 13.0 Å². The third-order valence-corrected chi connectivity index (χ3v) is 3.61. The molecule has 0 bridgehead atoms. The number of carbonyl (C=O) groups is 1. The lowest BCUT2D eigenvalue weighted by molar-refractivity contribution is -0.134. The van der Waals surface area contributed by atoms with Gasteiger partial charge in [-0.2, -0.15) is 0 Å². The maximum absolute atomic E-state index is 12.5. The molecule has 4 nitrogen and oxygen atoms in total. The first kappa shape index (κ1) is 17.5. The monoisotopic (exact) mass is 292 g/mol. The van der Waals surface area contributed by atoms with E-state index in [-0.39, 0.29) is 11.8 Å². The molecule has 0 saturated carbocycles. The molecule has 4 heteroatoms. The third-order valence-electron chi connectivity index (χ3n) is 3.61.